The van der Waals surface area contributed by atoms with Gasteiger partial charge < -0.3 is 0 Å². The minimum Gasteiger partial charge on any atom is -0.207 e. The van der Waals surface area contributed by atoms with Crippen molar-refractivity contribution in [1.29, 1.82) is 0 Å². The van der Waals surface area contributed by atoms with Crippen molar-refractivity contribution in [1.82, 2.24) is 4.31 Å². The fourth-order valence-electron chi connectivity index (χ4n) is 2.88. The Morgan fingerprint density at radius 3 is 2.43 bits per heavy atom. The molecule has 0 amide bonds. The van der Waals surface area contributed by atoms with Crippen LogP contribution in [0.15, 0.2) is 34.5 Å². The van der Waals surface area contributed by atoms with Crippen LogP contribution in [0.2, 0.25) is 0 Å². The third-order valence-electron chi connectivity index (χ3n) is 4.49. The molecule has 1 aromatic carbocycles. The number of hydrogen-bond acceptors (Lipinski definition) is 3. The predicted octanol–water partition coefficient (Wildman–Crippen LogP) is 4.07. The summed E-state index contributed by atoms with van der Waals surface area (Å²) in [6, 6.07) is 8.08. The molecular weight excluding hydrogens is 326 g/mol. The molecule has 0 bridgehead atoms. The Labute approximate surface area is 143 Å². The summed E-state index contributed by atoms with van der Waals surface area (Å²) < 4.78 is 28.1. The molecular formula is C18H23NO2S2. The highest BCUT2D eigenvalue weighted by Gasteiger charge is 2.38. The third kappa shape index (κ3) is 3.52. The van der Waals surface area contributed by atoms with Crippen LogP contribution in [0.4, 0.5) is 0 Å². The quantitative estimate of drug-likeness (QED) is 0.788. The molecule has 1 fully saturated rings. The number of hydrogen-bond donors (Lipinski definition) is 0. The Morgan fingerprint density at radius 1 is 1.13 bits per heavy atom. The largest absolute Gasteiger partial charge is 0.243 e. The normalized spacial score (nSPS) is 15.3. The summed E-state index contributed by atoms with van der Waals surface area (Å²) in [6.07, 6.45) is 2.75. The van der Waals surface area contributed by atoms with Gasteiger partial charge in [0.15, 0.2) is 0 Å². The van der Waals surface area contributed by atoms with E-state index in [9.17, 15) is 8.42 Å². The van der Waals surface area contributed by atoms with Gasteiger partial charge in [-0.1, -0.05) is 12.1 Å². The lowest BCUT2D eigenvalue weighted by molar-refractivity contribution is 0.407. The Balaban J connectivity index is 1.90. The molecule has 23 heavy (non-hydrogen) atoms. The molecule has 1 heterocycles. The van der Waals surface area contributed by atoms with Gasteiger partial charge in [0.25, 0.3) is 0 Å². The Kier molecular flexibility index (Phi) is 4.63. The molecule has 1 aromatic heterocycles. The second-order valence-electron chi connectivity index (χ2n) is 6.38. The lowest BCUT2D eigenvalue weighted by Crippen LogP contribution is -2.35. The molecule has 5 heteroatoms. The smallest absolute Gasteiger partial charge is 0.207 e. The van der Waals surface area contributed by atoms with Crippen molar-refractivity contribution in [2.45, 2.75) is 51.0 Å². The zero-order chi connectivity index (χ0) is 16.6. The SMILES string of the molecule is Cc1cc(C)c(S(=O)(=O)N(CCc2cccs2)C2CC2)cc1C. The summed E-state index contributed by atoms with van der Waals surface area (Å²) in [5.74, 6) is 0. The van der Waals surface area contributed by atoms with Crippen LogP contribution in [-0.2, 0) is 16.4 Å². The fraction of sp³-hybridized carbons (Fsp3) is 0.444. The van der Waals surface area contributed by atoms with Gasteiger partial charge in [-0.25, -0.2) is 8.42 Å². The van der Waals surface area contributed by atoms with Crippen LogP contribution >= 0.6 is 11.3 Å². The van der Waals surface area contributed by atoms with E-state index in [1.165, 1.54) is 4.88 Å². The maximum Gasteiger partial charge on any atom is 0.243 e. The van der Waals surface area contributed by atoms with Crippen LogP contribution < -0.4 is 0 Å². The molecule has 1 aliphatic rings. The van der Waals surface area contributed by atoms with Crippen molar-refractivity contribution in [3.8, 4) is 0 Å². The minimum absolute atomic E-state index is 0.181. The van der Waals surface area contributed by atoms with Crippen molar-refractivity contribution < 1.29 is 8.42 Å². The van der Waals surface area contributed by atoms with E-state index in [4.69, 9.17) is 0 Å². The van der Waals surface area contributed by atoms with Crippen molar-refractivity contribution >= 4 is 21.4 Å². The summed E-state index contributed by atoms with van der Waals surface area (Å²) >= 11 is 1.69. The van der Waals surface area contributed by atoms with Gasteiger partial charge in [0.2, 0.25) is 10.0 Å². The van der Waals surface area contributed by atoms with Gasteiger partial charge in [-0.15, -0.1) is 11.3 Å². The molecule has 1 aliphatic carbocycles. The number of benzene rings is 1. The maximum absolute atomic E-state index is 13.2. The molecule has 0 aliphatic heterocycles. The second kappa shape index (κ2) is 6.38. The molecule has 0 radical (unpaired) electrons. The Morgan fingerprint density at radius 2 is 1.83 bits per heavy atom. The lowest BCUT2D eigenvalue weighted by Gasteiger charge is -2.23. The maximum atomic E-state index is 13.2. The van der Waals surface area contributed by atoms with E-state index in [0.717, 1.165) is 36.0 Å². The number of thiophene rings is 1. The first kappa shape index (κ1) is 16.7. The molecule has 1 saturated carbocycles. The molecule has 2 aromatic rings. The summed E-state index contributed by atoms with van der Waals surface area (Å²) in [4.78, 5) is 1.71. The zero-order valence-electron chi connectivity index (χ0n) is 13.9. The van der Waals surface area contributed by atoms with Crippen molar-refractivity contribution in [3.05, 3.63) is 51.2 Å². The number of sulfonamides is 1. The van der Waals surface area contributed by atoms with E-state index in [1.807, 2.05) is 44.4 Å². The highest BCUT2D eigenvalue weighted by molar-refractivity contribution is 7.89. The molecule has 124 valence electrons. The van der Waals surface area contributed by atoms with E-state index in [1.54, 1.807) is 15.6 Å². The number of nitrogens with zero attached hydrogens (tertiary/aromatic N) is 1. The standard InChI is InChI=1S/C18H23NO2S2/c1-13-11-15(3)18(12-14(13)2)23(20,21)19(16-6-7-16)9-8-17-5-4-10-22-17/h4-5,10-12,16H,6-9H2,1-3H3. The molecule has 3 nitrogen and oxygen atoms in total. The van der Waals surface area contributed by atoms with E-state index in [0.29, 0.717) is 11.4 Å². The van der Waals surface area contributed by atoms with Crippen LogP contribution in [0, 0.1) is 20.8 Å². The fourth-order valence-corrected chi connectivity index (χ4v) is 5.55. The highest BCUT2D eigenvalue weighted by atomic mass is 32.2. The first-order valence-corrected chi connectivity index (χ1v) is 10.3. The summed E-state index contributed by atoms with van der Waals surface area (Å²) in [6.45, 7) is 6.46. The van der Waals surface area contributed by atoms with E-state index in [2.05, 4.69) is 6.07 Å². The Hall–Kier alpha value is -1.17. The predicted molar refractivity (Wildman–Crippen MR) is 95.6 cm³/mol. The second-order valence-corrected chi connectivity index (χ2v) is 9.27. The molecule has 0 saturated heterocycles. The Bertz CT molecular complexity index is 791. The van der Waals surface area contributed by atoms with E-state index in [-0.39, 0.29) is 6.04 Å². The van der Waals surface area contributed by atoms with Crippen LogP contribution in [0.25, 0.3) is 0 Å². The van der Waals surface area contributed by atoms with Crippen molar-refractivity contribution in [2.24, 2.45) is 0 Å². The van der Waals surface area contributed by atoms with Crippen LogP contribution in [0.5, 0.6) is 0 Å². The first-order valence-electron chi connectivity index (χ1n) is 8.01. The van der Waals surface area contributed by atoms with E-state index >= 15 is 0 Å². The molecule has 0 spiro atoms. The topological polar surface area (TPSA) is 37.4 Å². The average Bonchev–Trinajstić information content (AvgIpc) is 3.17. The highest BCUT2D eigenvalue weighted by Crippen LogP contribution is 2.34. The summed E-state index contributed by atoms with van der Waals surface area (Å²) in [5.41, 5.74) is 3.01. The van der Waals surface area contributed by atoms with E-state index < -0.39 is 10.0 Å². The van der Waals surface area contributed by atoms with Crippen LogP contribution in [0.3, 0.4) is 0 Å². The summed E-state index contributed by atoms with van der Waals surface area (Å²) in [7, 11) is -3.42. The average molecular weight is 350 g/mol. The number of aryl methyl sites for hydroxylation is 3. The van der Waals surface area contributed by atoms with Gasteiger partial charge in [0, 0.05) is 17.5 Å². The van der Waals surface area contributed by atoms with Crippen molar-refractivity contribution in [2.75, 3.05) is 6.54 Å². The van der Waals surface area contributed by atoms with Crippen molar-refractivity contribution in [3.63, 3.8) is 0 Å². The zero-order valence-corrected chi connectivity index (χ0v) is 15.5. The number of rotatable bonds is 6. The molecule has 0 N–H and O–H groups in total. The first-order chi connectivity index (χ1) is 10.9. The van der Waals surface area contributed by atoms with Gasteiger partial charge in [0.05, 0.1) is 4.90 Å². The van der Waals surface area contributed by atoms with Gasteiger partial charge in [-0.05, 0) is 74.2 Å². The third-order valence-corrected chi connectivity index (χ3v) is 7.52. The monoisotopic (exact) mass is 349 g/mol. The van der Waals surface area contributed by atoms with Crippen LogP contribution in [0.1, 0.15) is 34.4 Å². The molecule has 0 atom stereocenters. The van der Waals surface area contributed by atoms with Crippen LogP contribution in [-0.4, -0.2) is 25.3 Å². The minimum atomic E-state index is -3.42. The lowest BCUT2D eigenvalue weighted by atomic mass is 10.1. The van der Waals surface area contributed by atoms with Gasteiger partial charge in [-0.2, -0.15) is 4.31 Å². The van der Waals surface area contributed by atoms with Gasteiger partial charge >= 0.3 is 0 Å². The van der Waals surface area contributed by atoms with Gasteiger partial charge in [-0.3, -0.25) is 0 Å². The van der Waals surface area contributed by atoms with Gasteiger partial charge in [0.1, 0.15) is 0 Å². The molecule has 3 rings (SSSR count). The molecule has 0 unspecified atom stereocenters. The summed E-state index contributed by atoms with van der Waals surface area (Å²) in [5, 5.41) is 2.04.